The summed E-state index contributed by atoms with van der Waals surface area (Å²) in [6.45, 7) is 7.88. The number of fused-ring (bicyclic) bond motifs is 10. The van der Waals surface area contributed by atoms with Crippen LogP contribution >= 0.6 is 0 Å². The van der Waals surface area contributed by atoms with Crippen LogP contribution in [-0.2, 0) is 20.8 Å². The zero-order valence-corrected chi connectivity index (χ0v) is 23.8. The van der Waals surface area contributed by atoms with Crippen LogP contribution in [0.5, 0.6) is 5.75 Å². The average Bonchev–Trinajstić information content (AvgIpc) is 2.89. The van der Waals surface area contributed by atoms with Gasteiger partial charge in [0.2, 0.25) is 17.7 Å². The summed E-state index contributed by atoms with van der Waals surface area (Å²) >= 11 is 0. The van der Waals surface area contributed by atoms with Crippen molar-refractivity contribution in [2.45, 2.75) is 64.8 Å². The van der Waals surface area contributed by atoms with Gasteiger partial charge in [0.15, 0.2) is 0 Å². The van der Waals surface area contributed by atoms with Gasteiger partial charge in [-0.05, 0) is 68.1 Å². The number of carbonyl (C=O) groups is 3. The highest BCUT2D eigenvalue weighted by atomic mass is 16.5. The van der Waals surface area contributed by atoms with Crippen molar-refractivity contribution in [2.75, 3.05) is 14.1 Å². The number of hydrogen-bond donors (Lipinski definition) is 3. The summed E-state index contributed by atoms with van der Waals surface area (Å²) in [6.07, 6.45) is 3.61. The summed E-state index contributed by atoms with van der Waals surface area (Å²) in [5, 5.41) is 8.70. The molecule has 0 saturated carbocycles. The Labute approximate surface area is 232 Å². The predicted molar refractivity (Wildman–Crippen MR) is 154 cm³/mol. The van der Waals surface area contributed by atoms with E-state index in [1.165, 1.54) is 0 Å². The van der Waals surface area contributed by atoms with Crippen LogP contribution in [0.3, 0.4) is 0 Å². The fraction of sp³-hybridized carbons (Fsp3) is 0.452. The molecule has 2 bridgehead atoms. The lowest BCUT2D eigenvalue weighted by atomic mass is 9.96. The van der Waals surface area contributed by atoms with Gasteiger partial charge in [-0.3, -0.25) is 19.3 Å². The second-order valence-electron chi connectivity index (χ2n) is 11.1. The molecule has 0 radical (unpaired) electrons. The summed E-state index contributed by atoms with van der Waals surface area (Å²) in [5.41, 5.74) is 1.91. The van der Waals surface area contributed by atoms with Crippen molar-refractivity contribution in [3.63, 3.8) is 0 Å². The molecule has 2 heterocycles. The third-order valence-corrected chi connectivity index (χ3v) is 6.76. The molecule has 2 aromatic carbocycles. The quantitative estimate of drug-likeness (QED) is 0.482. The molecular formula is C31H42N4O4. The van der Waals surface area contributed by atoms with Crippen molar-refractivity contribution in [1.29, 1.82) is 0 Å². The van der Waals surface area contributed by atoms with Gasteiger partial charge in [0, 0.05) is 6.20 Å². The minimum atomic E-state index is -1.03. The second-order valence-corrected chi connectivity index (χ2v) is 11.1. The van der Waals surface area contributed by atoms with E-state index in [-0.39, 0.29) is 23.7 Å². The minimum absolute atomic E-state index is 0.127. The molecule has 0 aliphatic carbocycles. The molecular weight excluding hydrogens is 492 g/mol. The molecule has 8 heteroatoms. The van der Waals surface area contributed by atoms with Crippen LogP contribution in [0, 0.1) is 11.8 Å². The minimum Gasteiger partial charge on any atom is -0.487 e. The van der Waals surface area contributed by atoms with Gasteiger partial charge < -0.3 is 20.7 Å². The van der Waals surface area contributed by atoms with E-state index in [0.29, 0.717) is 18.6 Å². The highest BCUT2D eigenvalue weighted by molar-refractivity contribution is 5.94. The van der Waals surface area contributed by atoms with E-state index in [1.807, 2.05) is 101 Å². The molecule has 2 aliphatic rings. The van der Waals surface area contributed by atoms with Gasteiger partial charge in [-0.2, -0.15) is 0 Å². The fourth-order valence-electron chi connectivity index (χ4n) is 4.58. The summed E-state index contributed by atoms with van der Waals surface area (Å²) in [6, 6.07) is 14.8. The Kier molecular flexibility index (Phi) is 10.7. The number of carbonyl (C=O) groups excluding carboxylic acids is 3. The number of nitrogens with one attached hydrogen (secondary N) is 3. The Bertz CT molecular complexity index is 1130. The average molecular weight is 535 g/mol. The van der Waals surface area contributed by atoms with Crippen molar-refractivity contribution < 1.29 is 19.1 Å². The zero-order valence-electron chi connectivity index (χ0n) is 23.8. The van der Waals surface area contributed by atoms with Crippen LogP contribution in [0.2, 0.25) is 0 Å². The lowest BCUT2D eigenvalue weighted by molar-refractivity contribution is -0.136. The van der Waals surface area contributed by atoms with Crippen LogP contribution < -0.4 is 20.7 Å². The maximum Gasteiger partial charge on any atom is 0.247 e. The number of likely N-dealkylation sites (N-methyl/N-ethyl adjacent to an activating group) is 1. The number of nitrogens with zero attached hydrogens (tertiary/aromatic N) is 1. The molecule has 0 unspecified atom stereocenters. The highest BCUT2D eigenvalue weighted by Gasteiger charge is 2.38. The first-order valence-electron chi connectivity index (χ1n) is 13.6. The molecule has 4 atom stereocenters. The van der Waals surface area contributed by atoms with Crippen molar-refractivity contribution in [2.24, 2.45) is 11.8 Å². The maximum absolute atomic E-state index is 13.9. The second kappa shape index (κ2) is 13.9. The van der Waals surface area contributed by atoms with Gasteiger partial charge in [-0.1, -0.05) is 70.2 Å². The Morgan fingerprint density at radius 1 is 0.974 bits per heavy atom. The standard InChI is InChI=1S/C31H42N4O4/c1-20(2)18-25-29(36)32-17-16-22-12-14-24(15-13-22)39-28(21(3)4)27(31(38)33-25)34-30(37)26(35(5)6)19-23-10-8-7-9-11-23/h7-17,20-21,25-28H,18-19H2,1-6H3,(H,32,36)(H,33,38)(H,34,37)/b17-16-/t25-,26+,27-,28+/m0/s1. The van der Waals surface area contributed by atoms with Gasteiger partial charge in [0.25, 0.3) is 0 Å². The third-order valence-electron chi connectivity index (χ3n) is 6.76. The monoisotopic (exact) mass is 534 g/mol. The van der Waals surface area contributed by atoms with Crippen LogP contribution in [0.4, 0.5) is 0 Å². The topological polar surface area (TPSA) is 99.8 Å². The smallest absolute Gasteiger partial charge is 0.247 e. The van der Waals surface area contributed by atoms with Crippen molar-refractivity contribution >= 4 is 23.8 Å². The third kappa shape index (κ3) is 8.68. The molecule has 210 valence electrons. The summed E-state index contributed by atoms with van der Waals surface area (Å²) in [5.74, 6) is -0.446. The molecule has 2 aliphatic heterocycles. The van der Waals surface area contributed by atoms with Gasteiger partial charge in [0.1, 0.15) is 23.9 Å². The van der Waals surface area contributed by atoms with Crippen molar-refractivity contribution in [3.8, 4) is 5.75 Å². The van der Waals surface area contributed by atoms with E-state index in [1.54, 1.807) is 12.3 Å². The lowest BCUT2D eigenvalue weighted by Crippen LogP contribution is -2.62. The van der Waals surface area contributed by atoms with Crippen molar-refractivity contribution in [3.05, 3.63) is 71.9 Å². The van der Waals surface area contributed by atoms with Crippen LogP contribution in [0.1, 0.15) is 45.2 Å². The number of benzene rings is 2. The van der Waals surface area contributed by atoms with E-state index in [9.17, 15) is 14.4 Å². The summed E-state index contributed by atoms with van der Waals surface area (Å²) in [4.78, 5) is 42.5. The number of hydrogen-bond acceptors (Lipinski definition) is 5. The van der Waals surface area contributed by atoms with Gasteiger partial charge in [0.05, 0.1) is 6.04 Å². The maximum atomic E-state index is 13.9. The van der Waals surface area contributed by atoms with E-state index < -0.39 is 30.1 Å². The number of amides is 3. The number of ether oxygens (including phenoxy) is 1. The highest BCUT2D eigenvalue weighted by Crippen LogP contribution is 2.21. The molecule has 0 spiro atoms. The van der Waals surface area contributed by atoms with E-state index in [0.717, 1.165) is 11.1 Å². The first-order valence-corrected chi connectivity index (χ1v) is 13.6. The SMILES string of the molecule is CC(C)C[C@@H]1NC(=O)[C@@H](NC(=O)[C@@H](Cc2ccccc2)N(C)C)[C@@H](C(C)C)Oc2ccc(cc2)/C=C\NC1=O. The summed E-state index contributed by atoms with van der Waals surface area (Å²) in [7, 11) is 3.69. The number of rotatable bonds is 8. The lowest BCUT2D eigenvalue weighted by Gasteiger charge is -2.34. The molecule has 3 N–H and O–H groups in total. The largest absolute Gasteiger partial charge is 0.487 e. The Morgan fingerprint density at radius 3 is 2.23 bits per heavy atom. The Balaban J connectivity index is 1.98. The van der Waals surface area contributed by atoms with Crippen molar-refractivity contribution in [1.82, 2.24) is 20.9 Å². The Morgan fingerprint density at radius 2 is 1.64 bits per heavy atom. The first-order chi connectivity index (χ1) is 18.5. The molecule has 2 aromatic rings. The predicted octanol–water partition coefficient (Wildman–Crippen LogP) is 3.38. The zero-order chi connectivity index (χ0) is 28.5. The first kappa shape index (κ1) is 29.9. The van der Waals surface area contributed by atoms with Gasteiger partial charge >= 0.3 is 0 Å². The normalized spacial score (nSPS) is 21.6. The summed E-state index contributed by atoms with van der Waals surface area (Å²) < 4.78 is 6.35. The van der Waals surface area contributed by atoms with Gasteiger partial charge in [-0.15, -0.1) is 0 Å². The van der Waals surface area contributed by atoms with E-state index >= 15 is 0 Å². The van der Waals surface area contributed by atoms with Crippen LogP contribution in [0.25, 0.3) is 6.08 Å². The van der Waals surface area contributed by atoms with E-state index in [4.69, 9.17) is 4.74 Å². The fourth-order valence-corrected chi connectivity index (χ4v) is 4.58. The van der Waals surface area contributed by atoms with Gasteiger partial charge in [-0.25, -0.2) is 0 Å². The molecule has 0 fully saturated rings. The van der Waals surface area contributed by atoms with E-state index in [2.05, 4.69) is 16.0 Å². The molecule has 0 aromatic heterocycles. The Hall–Kier alpha value is -3.65. The molecule has 4 rings (SSSR count). The van der Waals surface area contributed by atoms with Crippen LogP contribution in [0.15, 0.2) is 60.8 Å². The molecule has 0 saturated heterocycles. The molecule has 39 heavy (non-hydrogen) atoms. The van der Waals surface area contributed by atoms with Crippen LogP contribution in [-0.4, -0.2) is 60.9 Å². The molecule has 3 amide bonds. The molecule has 8 nitrogen and oxygen atoms in total.